The van der Waals surface area contributed by atoms with Crippen molar-refractivity contribution in [1.29, 1.82) is 0 Å². The number of amides is 2. The van der Waals surface area contributed by atoms with E-state index in [1.165, 1.54) is 0 Å². The highest BCUT2D eigenvalue weighted by molar-refractivity contribution is 6.30. The molecule has 1 fully saturated rings. The maximum absolute atomic E-state index is 12.3. The van der Waals surface area contributed by atoms with Gasteiger partial charge in [-0.3, -0.25) is 14.4 Å². The first kappa shape index (κ1) is 19.9. The van der Waals surface area contributed by atoms with E-state index in [2.05, 4.69) is 5.32 Å². The fraction of sp³-hybridized carbons (Fsp3) is 0.286. The smallest absolute Gasteiger partial charge is 0.311 e. The highest BCUT2D eigenvalue weighted by atomic mass is 35.5. The van der Waals surface area contributed by atoms with Crippen LogP contribution in [0.2, 0.25) is 5.02 Å². The average molecular weight is 401 g/mol. The van der Waals surface area contributed by atoms with E-state index >= 15 is 0 Å². The molecule has 0 aromatic heterocycles. The predicted octanol–water partition coefficient (Wildman–Crippen LogP) is 3.18. The number of carbonyl (C=O) groups is 3. The van der Waals surface area contributed by atoms with Gasteiger partial charge >= 0.3 is 5.97 Å². The van der Waals surface area contributed by atoms with Crippen LogP contribution >= 0.6 is 11.6 Å². The van der Waals surface area contributed by atoms with Gasteiger partial charge in [0.15, 0.2) is 6.61 Å². The normalized spacial score (nSPS) is 16.1. The van der Waals surface area contributed by atoms with E-state index < -0.39 is 24.4 Å². The number of benzene rings is 2. The fourth-order valence-corrected chi connectivity index (χ4v) is 3.32. The van der Waals surface area contributed by atoms with E-state index in [1.54, 1.807) is 23.1 Å². The minimum atomic E-state index is -0.554. The molecule has 1 saturated heterocycles. The number of nitrogens with zero attached hydrogens (tertiary/aromatic N) is 1. The summed E-state index contributed by atoms with van der Waals surface area (Å²) in [6, 6.07) is 14.7. The zero-order chi connectivity index (χ0) is 20.1. The molecule has 1 N–H and O–H groups in total. The Balaban J connectivity index is 1.48. The molecule has 0 unspecified atom stereocenters. The number of rotatable bonds is 6. The van der Waals surface area contributed by atoms with Crippen LogP contribution in [0, 0.1) is 12.8 Å². The molecule has 3 rings (SSSR count). The van der Waals surface area contributed by atoms with Crippen molar-refractivity contribution in [3.8, 4) is 0 Å². The van der Waals surface area contributed by atoms with Gasteiger partial charge in [-0.05, 0) is 36.2 Å². The van der Waals surface area contributed by atoms with Gasteiger partial charge in [-0.1, -0.05) is 41.9 Å². The van der Waals surface area contributed by atoms with Gasteiger partial charge in [0.05, 0.1) is 5.92 Å². The molecular formula is C21H21ClN2O4. The van der Waals surface area contributed by atoms with E-state index in [-0.39, 0.29) is 12.3 Å². The van der Waals surface area contributed by atoms with Crippen molar-refractivity contribution < 1.29 is 19.1 Å². The first-order valence-corrected chi connectivity index (χ1v) is 9.34. The van der Waals surface area contributed by atoms with E-state index in [4.69, 9.17) is 16.3 Å². The van der Waals surface area contributed by atoms with Crippen molar-refractivity contribution in [2.75, 3.05) is 18.5 Å². The number of likely N-dealkylation sites (tertiary alicyclic amines) is 1. The molecule has 2 aromatic rings. The van der Waals surface area contributed by atoms with Crippen molar-refractivity contribution in [2.24, 2.45) is 5.92 Å². The van der Waals surface area contributed by atoms with Crippen LogP contribution in [0.3, 0.4) is 0 Å². The number of esters is 1. The van der Waals surface area contributed by atoms with Crippen LogP contribution in [0.5, 0.6) is 0 Å². The predicted molar refractivity (Wildman–Crippen MR) is 106 cm³/mol. The molecule has 146 valence electrons. The van der Waals surface area contributed by atoms with Crippen LogP contribution < -0.4 is 5.32 Å². The molecule has 0 radical (unpaired) electrons. The van der Waals surface area contributed by atoms with E-state index in [0.717, 1.165) is 11.1 Å². The monoisotopic (exact) mass is 400 g/mol. The molecular weight excluding hydrogens is 380 g/mol. The lowest BCUT2D eigenvalue weighted by Gasteiger charge is -2.16. The standard InChI is InChI=1S/C21H21ClN2O4/c1-14-9-17(22)7-8-18(14)23-19(25)13-28-21(27)16-10-20(26)24(12-16)11-15-5-3-2-4-6-15/h2-9,16H,10-13H2,1H3,(H,23,25)/t16-/m0/s1. The third-order valence-corrected chi connectivity index (χ3v) is 4.81. The molecule has 1 aliphatic heterocycles. The van der Waals surface area contributed by atoms with Crippen molar-refractivity contribution in [3.63, 3.8) is 0 Å². The lowest BCUT2D eigenvalue weighted by molar-refractivity contribution is -0.151. The summed E-state index contributed by atoms with van der Waals surface area (Å²) in [7, 11) is 0. The van der Waals surface area contributed by atoms with E-state index in [9.17, 15) is 14.4 Å². The molecule has 0 spiro atoms. The molecule has 6 nitrogen and oxygen atoms in total. The summed E-state index contributed by atoms with van der Waals surface area (Å²) in [6.45, 7) is 2.17. The molecule has 1 heterocycles. The molecule has 7 heteroatoms. The van der Waals surface area contributed by atoms with Crippen LogP contribution in [0.1, 0.15) is 17.5 Å². The Morgan fingerprint density at radius 3 is 2.68 bits per heavy atom. The van der Waals surface area contributed by atoms with Crippen LogP contribution in [0.4, 0.5) is 5.69 Å². The summed E-state index contributed by atoms with van der Waals surface area (Å²) in [5, 5.41) is 3.26. The molecule has 28 heavy (non-hydrogen) atoms. The van der Waals surface area contributed by atoms with Crippen molar-refractivity contribution in [3.05, 3.63) is 64.7 Å². The maximum atomic E-state index is 12.3. The largest absolute Gasteiger partial charge is 0.455 e. The maximum Gasteiger partial charge on any atom is 0.311 e. The SMILES string of the molecule is Cc1cc(Cl)ccc1NC(=O)COC(=O)[C@H]1CC(=O)N(Cc2ccccc2)C1. The van der Waals surface area contributed by atoms with Gasteiger partial charge in [0, 0.05) is 30.2 Å². The number of ether oxygens (including phenoxy) is 1. The van der Waals surface area contributed by atoms with Gasteiger partial charge in [0.25, 0.3) is 5.91 Å². The molecule has 1 atom stereocenters. The van der Waals surface area contributed by atoms with E-state index in [0.29, 0.717) is 23.8 Å². The number of nitrogens with one attached hydrogen (secondary N) is 1. The first-order chi connectivity index (χ1) is 13.4. The Kier molecular flexibility index (Phi) is 6.31. The fourth-order valence-electron chi connectivity index (χ4n) is 3.09. The molecule has 2 aromatic carbocycles. The summed E-state index contributed by atoms with van der Waals surface area (Å²) >= 11 is 5.89. The lowest BCUT2D eigenvalue weighted by atomic mass is 10.1. The molecule has 1 aliphatic rings. The molecule has 0 bridgehead atoms. The Morgan fingerprint density at radius 2 is 1.96 bits per heavy atom. The van der Waals surface area contributed by atoms with Crippen LogP contribution in [0.15, 0.2) is 48.5 Å². The summed E-state index contributed by atoms with van der Waals surface area (Å²) in [4.78, 5) is 38.1. The second-order valence-electron chi connectivity index (χ2n) is 6.78. The molecule has 2 amide bonds. The van der Waals surface area contributed by atoms with Gasteiger partial charge in [0.1, 0.15) is 0 Å². The second kappa shape index (κ2) is 8.89. The van der Waals surface area contributed by atoms with Crippen molar-refractivity contribution >= 4 is 35.1 Å². The number of aryl methyl sites for hydroxylation is 1. The highest BCUT2D eigenvalue weighted by Gasteiger charge is 2.35. The van der Waals surface area contributed by atoms with Crippen LogP contribution in [-0.4, -0.2) is 35.8 Å². The minimum Gasteiger partial charge on any atom is -0.455 e. The van der Waals surface area contributed by atoms with Gasteiger partial charge in [-0.2, -0.15) is 0 Å². The number of hydrogen-bond donors (Lipinski definition) is 1. The Morgan fingerprint density at radius 1 is 1.21 bits per heavy atom. The van der Waals surface area contributed by atoms with Gasteiger partial charge in [-0.25, -0.2) is 0 Å². The Bertz CT molecular complexity index is 885. The molecule has 0 aliphatic carbocycles. The zero-order valence-corrected chi connectivity index (χ0v) is 16.2. The second-order valence-corrected chi connectivity index (χ2v) is 7.21. The number of carbonyl (C=O) groups excluding carboxylic acids is 3. The van der Waals surface area contributed by atoms with Crippen molar-refractivity contribution in [1.82, 2.24) is 4.90 Å². The number of anilines is 1. The Labute approximate surface area is 168 Å². The van der Waals surface area contributed by atoms with Crippen molar-refractivity contribution in [2.45, 2.75) is 19.9 Å². The Hall–Kier alpha value is -2.86. The third-order valence-electron chi connectivity index (χ3n) is 4.57. The average Bonchev–Trinajstić information content (AvgIpc) is 3.03. The topological polar surface area (TPSA) is 75.7 Å². The van der Waals surface area contributed by atoms with Crippen LogP contribution in [-0.2, 0) is 25.7 Å². The highest BCUT2D eigenvalue weighted by Crippen LogP contribution is 2.22. The van der Waals surface area contributed by atoms with E-state index in [1.807, 2.05) is 37.3 Å². The summed E-state index contributed by atoms with van der Waals surface area (Å²) in [6.07, 6.45) is 0.101. The lowest BCUT2D eigenvalue weighted by Crippen LogP contribution is -2.28. The number of halogens is 1. The first-order valence-electron chi connectivity index (χ1n) is 8.96. The van der Waals surface area contributed by atoms with Gasteiger partial charge in [-0.15, -0.1) is 0 Å². The zero-order valence-electron chi connectivity index (χ0n) is 15.5. The summed E-state index contributed by atoms with van der Waals surface area (Å²) in [5.74, 6) is -1.62. The third kappa shape index (κ3) is 5.10. The van der Waals surface area contributed by atoms with Gasteiger partial charge < -0.3 is 15.0 Å². The minimum absolute atomic E-state index is 0.0907. The number of hydrogen-bond acceptors (Lipinski definition) is 4. The van der Waals surface area contributed by atoms with Crippen LogP contribution in [0.25, 0.3) is 0 Å². The molecule has 0 saturated carbocycles. The van der Waals surface area contributed by atoms with Gasteiger partial charge in [0.2, 0.25) is 5.91 Å². The summed E-state index contributed by atoms with van der Waals surface area (Å²) in [5.41, 5.74) is 2.42. The summed E-state index contributed by atoms with van der Waals surface area (Å²) < 4.78 is 5.11. The quantitative estimate of drug-likeness (QED) is 0.755.